The van der Waals surface area contributed by atoms with Crippen molar-refractivity contribution >= 4 is 5.69 Å². The average Bonchev–Trinajstić information content (AvgIpc) is 3.18. The second kappa shape index (κ2) is 17.7. The SMILES string of the molecule is NC1=CC(OC2C=CC(CC3=CCCC(O)=C3N)CC2)CC(O)=C1CC1=CCC(OOC2C=CC(Cc3cc(O)cc(CC4C=CC(O)=CC4)c3N)=CC2)C=C1. The van der Waals surface area contributed by atoms with E-state index >= 15 is 0 Å². The van der Waals surface area contributed by atoms with Crippen LogP contribution in [0.4, 0.5) is 5.69 Å². The zero-order valence-corrected chi connectivity index (χ0v) is 31.9. The normalized spacial score (nSPS) is 27.8. The third-order valence-electron chi connectivity index (χ3n) is 11.5. The molecule has 10 heteroatoms. The van der Waals surface area contributed by atoms with Crippen molar-refractivity contribution < 1.29 is 34.9 Å². The molecule has 0 saturated heterocycles. The molecular formula is C46H55N3O7. The van der Waals surface area contributed by atoms with E-state index in [4.69, 9.17) is 31.7 Å². The second-order valence-electron chi connectivity index (χ2n) is 15.8. The lowest BCUT2D eigenvalue weighted by Crippen LogP contribution is -2.27. The highest BCUT2D eigenvalue weighted by Crippen LogP contribution is 2.35. The van der Waals surface area contributed by atoms with Crippen LogP contribution in [0.15, 0.2) is 142 Å². The number of benzene rings is 1. The van der Waals surface area contributed by atoms with Gasteiger partial charge in [0.1, 0.15) is 35.2 Å². The summed E-state index contributed by atoms with van der Waals surface area (Å²) in [5, 5.41) is 41.1. The summed E-state index contributed by atoms with van der Waals surface area (Å²) in [6.45, 7) is 0. The van der Waals surface area contributed by atoms with Gasteiger partial charge in [0, 0.05) is 36.2 Å². The van der Waals surface area contributed by atoms with Crippen LogP contribution in [0.25, 0.3) is 0 Å². The van der Waals surface area contributed by atoms with Gasteiger partial charge < -0.3 is 42.4 Å². The predicted octanol–water partition coefficient (Wildman–Crippen LogP) is 8.54. The molecule has 56 heavy (non-hydrogen) atoms. The maximum atomic E-state index is 11.0. The lowest BCUT2D eigenvalue weighted by atomic mass is 9.86. The molecule has 0 amide bonds. The van der Waals surface area contributed by atoms with Crippen molar-refractivity contribution in [2.45, 2.75) is 101 Å². The van der Waals surface area contributed by atoms with Crippen LogP contribution in [0, 0.1) is 11.8 Å². The summed E-state index contributed by atoms with van der Waals surface area (Å²) < 4.78 is 6.33. The van der Waals surface area contributed by atoms with Gasteiger partial charge in [-0.1, -0.05) is 60.8 Å². The van der Waals surface area contributed by atoms with Gasteiger partial charge in [0.15, 0.2) is 0 Å². The summed E-state index contributed by atoms with van der Waals surface area (Å²) in [6.07, 6.45) is 33.5. The molecule has 0 aliphatic heterocycles. The molecule has 0 aromatic heterocycles. The Kier molecular flexibility index (Phi) is 12.4. The van der Waals surface area contributed by atoms with Gasteiger partial charge in [-0.3, -0.25) is 0 Å². The third-order valence-corrected chi connectivity index (χ3v) is 11.5. The number of allylic oxidation sites excluding steroid dienone is 12. The molecule has 0 fully saturated rings. The third kappa shape index (κ3) is 9.98. The van der Waals surface area contributed by atoms with Crippen molar-refractivity contribution in [2.75, 3.05) is 5.73 Å². The number of anilines is 1. The topological polar surface area (TPSA) is 187 Å². The summed E-state index contributed by atoms with van der Waals surface area (Å²) in [5.74, 6) is 1.61. The van der Waals surface area contributed by atoms with Crippen molar-refractivity contribution in [3.63, 3.8) is 0 Å². The molecule has 6 unspecified atom stereocenters. The fourth-order valence-electron chi connectivity index (χ4n) is 8.20. The molecule has 0 spiro atoms. The van der Waals surface area contributed by atoms with Crippen LogP contribution in [0.5, 0.6) is 5.75 Å². The summed E-state index contributed by atoms with van der Waals surface area (Å²) in [6, 6.07) is 3.46. The molecule has 0 saturated carbocycles. The fourth-order valence-corrected chi connectivity index (χ4v) is 8.20. The first-order valence-corrected chi connectivity index (χ1v) is 19.9. The van der Waals surface area contributed by atoms with E-state index in [0.717, 1.165) is 65.5 Å². The number of nitrogen functional groups attached to an aromatic ring is 1. The number of nitrogens with two attached hydrogens (primary N) is 3. The van der Waals surface area contributed by atoms with Gasteiger partial charge in [-0.15, -0.1) is 0 Å². The highest BCUT2D eigenvalue weighted by atomic mass is 17.2. The monoisotopic (exact) mass is 761 g/mol. The number of phenols is 1. The largest absolute Gasteiger partial charge is 0.512 e. The molecule has 0 radical (unpaired) electrons. The van der Waals surface area contributed by atoms with Crippen LogP contribution in [-0.4, -0.2) is 44.8 Å². The van der Waals surface area contributed by atoms with Gasteiger partial charge in [0.05, 0.1) is 17.9 Å². The lowest BCUT2D eigenvalue weighted by Gasteiger charge is -2.29. The fraction of sp³-hybridized carbons (Fsp3) is 0.391. The Hall–Kier alpha value is -5.16. The average molecular weight is 762 g/mol. The van der Waals surface area contributed by atoms with Crippen LogP contribution in [0.2, 0.25) is 0 Å². The molecule has 7 rings (SSSR count). The van der Waals surface area contributed by atoms with Gasteiger partial charge in [-0.25, -0.2) is 9.78 Å². The quantitative estimate of drug-likeness (QED) is 0.0338. The van der Waals surface area contributed by atoms with E-state index in [9.17, 15) is 20.4 Å². The Morgan fingerprint density at radius 1 is 0.643 bits per heavy atom. The van der Waals surface area contributed by atoms with Crippen molar-refractivity contribution in [1.29, 1.82) is 0 Å². The zero-order valence-electron chi connectivity index (χ0n) is 31.9. The van der Waals surface area contributed by atoms with Gasteiger partial charge in [0.25, 0.3) is 0 Å². The molecule has 6 atom stereocenters. The van der Waals surface area contributed by atoms with Crippen LogP contribution in [-0.2, 0) is 27.4 Å². The molecule has 296 valence electrons. The number of hydrogen-bond donors (Lipinski definition) is 7. The van der Waals surface area contributed by atoms with Gasteiger partial charge >= 0.3 is 0 Å². The summed E-state index contributed by atoms with van der Waals surface area (Å²) >= 11 is 0. The summed E-state index contributed by atoms with van der Waals surface area (Å²) in [5.41, 5.74) is 26.6. The van der Waals surface area contributed by atoms with E-state index in [1.54, 1.807) is 24.3 Å². The molecule has 10 nitrogen and oxygen atoms in total. The maximum Gasteiger partial charge on any atom is 0.116 e. The highest BCUT2D eigenvalue weighted by Gasteiger charge is 2.27. The van der Waals surface area contributed by atoms with E-state index in [1.807, 2.05) is 36.5 Å². The van der Waals surface area contributed by atoms with E-state index in [2.05, 4.69) is 30.4 Å². The number of aliphatic hydroxyl groups excluding tert-OH is 3. The van der Waals surface area contributed by atoms with Crippen LogP contribution >= 0.6 is 0 Å². The van der Waals surface area contributed by atoms with Crippen molar-refractivity contribution in [2.24, 2.45) is 23.3 Å². The molecule has 1 aromatic carbocycles. The minimum atomic E-state index is -0.297. The maximum absolute atomic E-state index is 11.0. The Morgan fingerprint density at radius 3 is 2.02 bits per heavy atom. The minimum Gasteiger partial charge on any atom is -0.512 e. The smallest absolute Gasteiger partial charge is 0.116 e. The Bertz CT molecular complexity index is 2010. The second-order valence-corrected chi connectivity index (χ2v) is 15.8. The minimum absolute atomic E-state index is 0.0511. The van der Waals surface area contributed by atoms with Crippen molar-refractivity contribution in [1.82, 2.24) is 0 Å². The van der Waals surface area contributed by atoms with Crippen LogP contribution < -0.4 is 17.2 Å². The van der Waals surface area contributed by atoms with Gasteiger partial charge in [0.2, 0.25) is 0 Å². The first-order valence-electron chi connectivity index (χ1n) is 19.9. The molecule has 6 aliphatic rings. The van der Waals surface area contributed by atoms with E-state index in [1.165, 1.54) is 0 Å². The molecule has 10 N–H and O–H groups in total. The van der Waals surface area contributed by atoms with Crippen LogP contribution in [0.3, 0.4) is 0 Å². The molecular weight excluding hydrogens is 707 g/mol. The predicted molar refractivity (Wildman–Crippen MR) is 219 cm³/mol. The number of phenolic OH excluding ortho intramolecular Hbond substituents is 1. The number of hydrogen-bond acceptors (Lipinski definition) is 10. The van der Waals surface area contributed by atoms with Gasteiger partial charge in [-0.05, 0) is 128 Å². The number of ether oxygens (including phenoxy) is 1. The zero-order chi connectivity index (χ0) is 39.2. The van der Waals surface area contributed by atoms with E-state index in [0.29, 0.717) is 73.7 Å². The van der Waals surface area contributed by atoms with Crippen molar-refractivity contribution in [3.8, 4) is 5.75 Å². The highest BCUT2D eigenvalue weighted by molar-refractivity contribution is 5.59. The molecule has 6 aliphatic carbocycles. The van der Waals surface area contributed by atoms with E-state index < -0.39 is 0 Å². The number of rotatable bonds is 13. The molecule has 0 heterocycles. The number of aliphatic hydroxyl groups is 3. The van der Waals surface area contributed by atoms with Crippen molar-refractivity contribution in [3.05, 3.63) is 153 Å². The first-order chi connectivity index (χ1) is 27.1. The standard InChI is InChI=1S/C46H55N3O7/c47-42-26-40(54-37-14-6-29(7-15-37)20-32-2-1-3-43(52)46(32)49)27-44(53)41(42)23-31-10-18-39(19-11-31)56-55-38-16-8-30(9-17-38)22-34-25-36(51)24-33(45(34)48)21-28-4-12-35(50)13-5-28/h2,4,6,8-14,16,18,24-26,28-29,37-40,50-53H,1,3,5,7,15,17,19-23,27,47-49H2. The van der Waals surface area contributed by atoms with Crippen LogP contribution in [0.1, 0.15) is 75.3 Å². The Labute approximate surface area is 329 Å². The summed E-state index contributed by atoms with van der Waals surface area (Å²) in [7, 11) is 0. The summed E-state index contributed by atoms with van der Waals surface area (Å²) in [4.78, 5) is 11.6. The number of aromatic hydroxyl groups is 1. The van der Waals surface area contributed by atoms with Gasteiger partial charge in [-0.2, -0.15) is 0 Å². The first kappa shape index (κ1) is 39.1. The Balaban J connectivity index is 0.828. The Morgan fingerprint density at radius 2 is 1.38 bits per heavy atom. The lowest BCUT2D eigenvalue weighted by molar-refractivity contribution is -0.331. The molecule has 1 aromatic rings. The molecule has 0 bridgehead atoms. The van der Waals surface area contributed by atoms with E-state index in [-0.39, 0.29) is 47.6 Å².